The topological polar surface area (TPSA) is 71.5 Å². The molecule has 30 heavy (non-hydrogen) atoms. The first-order valence-electron chi connectivity index (χ1n) is 9.46. The van der Waals surface area contributed by atoms with Gasteiger partial charge in [0.1, 0.15) is 11.4 Å². The second-order valence-electron chi connectivity index (χ2n) is 6.72. The third-order valence-corrected chi connectivity index (χ3v) is 5.31. The number of pyridine rings is 1. The molecule has 1 amide bonds. The third-order valence-electron chi connectivity index (χ3n) is 4.78. The van der Waals surface area contributed by atoms with Crippen molar-refractivity contribution in [3.05, 3.63) is 64.8 Å². The highest BCUT2D eigenvalue weighted by Crippen LogP contribution is 2.27. The summed E-state index contributed by atoms with van der Waals surface area (Å²) >= 11 is 12.0. The van der Waals surface area contributed by atoms with Gasteiger partial charge >= 0.3 is 0 Å². The fourth-order valence-corrected chi connectivity index (χ4v) is 3.62. The van der Waals surface area contributed by atoms with Crippen molar-refractivity contribution in [1.82, 2.24) is 20.1 Å². The van der Waals surface area contributed by atoms with Crippen molar-refractivity contribution in [3.63, 3.8) is 0 Å². The Kier molecular flexibility index (Phi) is 6.30. The Morgan fingerprint density at radius 3 is 2.47 bits per heavy atom. The molecule has 7 nitrogen and oxygen atoms in total. The Morgan fingerprint density at radius 1 is 0.967 bits per heavy atom. The monoisotopic (exact) mass is 443 g/mol. The number of rotatable bonds is 5. The van der Waals surface area contributed by atoms with Gasteiger partial charge in [-0.3, -0.25) is 9.78 Å². The third kappa shape index (κ3) is 4.80. The van der Waals surface area contributed by atoms with Crippen LogP contribution in [0.5, 0.6) is 5.75 Å². The highest BCUT2D eigenvalue weighted by atomic mass is 35.5. The van der Waals surface area contributed by atoms with Crippen molar-refractivity contribution >= 4 is 34.9 Å². The number of ether oxygens (including phenoxy) is 1. The van der Waals surface area contributed by atoms with Crippen molar-refractivity contribution in [2.24, 2.45) is 0 Å². The van der Waals surface area contributed by atoms with Crippen LogP contribution in [-0.2, 0) is 4.79 Å². The first kappa shape index (κ1) is 20.4. The maximum Gasteiger partial charge on any atom is 0.260 e. The van der Waals surface area contributed by atoms with E-state index < -0.39 is 0 Å². The molecule has 1 fully saturated rings. The number of halogens is 2. The number of hydrogen-bond acceptors (Lipinski definition) is 6. The molecule has 0 unspecified atom stereocenters. The summed E-state index contributed by atoms with van der Waals surface area (Å²) in [4.78, 5) is 20.6. The van der Waals surface area contributed by atoms with Crippen molar-refractivity contribution in [1.29, 1.82) is 0 Å². The SMILES string of the molecule is O=C(COc1ccc(Cl)cc1Cl)N1CCN(c2ccc(-c3ccccn3)nn2)CC1. The molecule has 0 bridgehead atoms. The van der Waals surface area contributed by atoms with E-state index in [2.05, 4.69) is 20.1 Å². The van der Waals surface area contributed by atoms with Gasteiger partial charge in [0.2, 0.25) is 0 Å². The standard InChI is InChI=1S/C21H19Cl2N5O2/c22-15-4-6-19(16(23)13-15)30-14-21(29)28-11-9-27(10-12-28)20-7-5-18(25-26-20)17-3-1-2-8-24-17/h1-8,13H,9-12,14H2. The zero-order valence-electron chi connectivity index (χ0n) is 16.0. The fourth-order valence-electron chi connectivity index (χ4n) is 3.15. The van der Waals surface area contributed by atoms with Crippen molar-refractivity contribution in [3.8, 4) is 17.1 Å². The van der Waals surface area contributed by atoms with Gasteiger partial charge in [-0.1, -0.05) is 29.3 Å². The van der Waals surface area contributed by atoms with Gasteiger partial charge < -0.3 is 14.5 Å². The summed E-state index contributed by atoms with van der Waals surface area (Å²) in [5.41, 5.74) is 1.51. The lowest BCUT2D eigenvalue weighted by atomic mass is 10.2. The van der Waals surface area contributed by atoms with Gasteiger partial charge in [0, 0.05) is 37.4 Å². The molecule has 2 aromatic heterocycles. The quantitative estimate of drug-likeness (QED) is 0.599. The average molecular weight is 444 g/mol. The molecule has 9 heteroatoms. The molecule has 154 valence electrons. The minimum atomic E-state index is -0.0859. The molecule has 0 N–H and O–H groups in total. The summed E-state index contributed by atoms with van der Waals surface area (Å²) in [5, 5.41) is 9.50. The van der Waals surface area contributed by atoms with E-state index in [-0.39, 0.29) is 12.5 Å². The number of carbonyl (C=O) groups excluding carboxylic acids is 1. The number of amides is 1. The zero-order chi connectivity index (χ0) is 20.9. The summed E-state index contributed by atoms with van der Waals surface area (Å²) in [7, 11) is 0. The van der Waals surface area contributed by atoms with Crippen LogP contribution in [0.3, 0.4) is 0 Å². The van der Waals surface area contributed by atoms with Gasteiger partial charge in [-0.2, -0.15) is 0 Å². The zero-order valence-corrected chi connectivity index (χ0v) is 17.6. The van der Waals surface area contributed by atoms with E-state index in [4.69, 9.17) is 27.9 Å². The normalized spacial score (nSPS) is 13.9. The highest BCUT2D eigenvalue weighted by Gasteiger charge is 2.22. The number of anilines is 1. The first-order chi connectivity index (χ1) is 14.6. The number of nitrogens with zero attached hydrogens (tertiary/aromatic N) is 5. The van der Waals surface area contributed by atoms with Gasteiger partial charge in [-0.05, 0) is 42.5 Å². The summed E-state index contributed by atoms with van der Waals surface area (Å²) < 4.78 is 5.55. The average Bonchev–Trinajstić information content (AvgIpc) is 2.79. The molecule has 1 aliphatic heterocycles. The molecule has 0 atom stereocenters. The molecule has 0 spiro atoms. The van der Waals surface area contributed by atoms with Crippen LogP contribution in [0.1, 0.15) is 0 Å². The highest BCUT2D eigenvalue weighted by molar-refractivity contribution is 6.35. The molecule has 4 rings (SSSR count). The maximum absolute atomic E-state index is 12.5. The Labute approximate surface area is 184 Å². The number of piperazine rings is 1. The number of carbonyl (C=O) groups is 1. The molecule has 1 aliphatic rings. The van der Waals surface area contributed by atoms with Crippen LogP contribution in [0.15, 0.2) is 54.7 Å². The van der Waals surface area contributed by atoms with E-state index in [1.807, 2.05) is 30.3 Å². The minimum absolute atomic E-state index is 0.0695. The number of aromatic nitrogens is 3. The van der Waals surface area contributed by atoms with Gasteiger partial charge in [0.25, 0.3) is 5.91 Å². The van der Waals surface area contributed by atoms with Crippen LogP contribution < -0.4 is 9.64 Å². The second-order valence-corrected chi connectivity index (χ2v) is 7.57. The Balaban J connectivity index is 1.29. The van der Waals surface area contributed by atoms with E-state index >= 15 is 0 Å². The van der Waals surface area contributed by atoms with Crippen molar-refractivity contribution in [2.75, 3.05) is 37.7 Å². The van der Waals surface area contributed by atoms with E-state index in [1.165, 1.54) is 0 Å². The van der Waals surface area contributed by atoms with E-state index in [0.717, 1.165) is 17.2 Å². The minimum Gasteiger partial charge on any atom is -0.482 e. The van der Waals surface area contributed by atoms with E-state index in [0.29, 0.717) is 42.0 Å². The lowest BCUT2D eigenvalue weighted by molar-refractivity contribution is -0.133. The van der Waals surface area contributed by atoms with Crippen LogP contribution in [0.25, 0.3) is 11.4 Å². The molecule has 0 aliphatic carbocycles. The van der Waals surface area contributed by atoms with Gasteiger partial charge in [0.05, 0.1) is 10.7 Å². The lowest BCUT2D eigenvalue weighted by Crippen LogP contribution is -2.50. The predicted molar refractivity (Wildman–Crippen MR) is 116 cm³/mol. The second kappa shape index (κ2) is 9.28. The van der Waals surface area contributed by atoms with Crippen molar-refractivity contribution < 1.29 is 9.53 Å². The smallest absolute Gasteiger partial charge is 0.260 e. The Bertz CT molecular complexity index is 1010. The van der Waals surface area contributed by atoms with Crippen LogP contribution in [-0.4, -0.2) is 58.8 Å². The maximum atomic E-state index is 12.5. The summed E-state index contributed by atoms with van der Waals surface area (Å²) in [6.45, 7) is 2.44. The largest absolute Gasteiger partial charge is 0.482 e. The van der Waals surface area contributed by atoms with Gasteiger partial charge in [0.15, 0.2) is 12.4 Å². The molecule has 0 saturated carbocycles. The Morgan fingerprint density at radius 2 is 1.80 bits per heavy atom. The van der Waals surface area contributed by atoms with Gasteiger partial charge in [-0.15, -0.1) is 10.2 Å². The van der Waals surface area contributed by atoms with Crippen LogP contribution >= 0.6 is 23.2 Å². The molecule has 3 aromatic rings. The van der Waals surface area contributed by atoms with Gasteiger partial charge in [-0.25, -0.2) is 0 Å². The van der Waals surface area contributed by atoms with Crippen LogP contribution in [0.2, 0.25) is 10.0 Å². The summed E-state index contributed by atoms with van der Waals surface area (Å²) in [6.07, 6.45) is 1.73. The first-order valence-corrected chi connectivity index (χ1v) is 10.2. The van der Waals surface area contributed by atoms with Crippen LogP contribution in [0.4, 0.5) is 5.82 Å². The summed E-state index contributed by atoms with van der Waals surface area (Å²) in [5.74, 6) is 1.14. The molecule has 3 heterocycles. The molecular weight excluding hydrogens is 425 g/mol. The number of hydrogen-bond donors (Lipinski definition) is 0. The van der Waals surface area contributed by atoms with Crippen molar-refractivity contribution in [2.45, 2.75) is 0 Å². The van der Waals surface area contributed by atoms with Crippen LogP contribution in [0, 0.1) is 0 Å². The molecular formula is C21H19Cl2N5O2. The molecule has 0 radical (unpaired) electrons. The lowest BCUT2D eigenvalue weighted by Gasteiger charge is -2.35. The Hall–Kier alpha value is -2.90. The predicted octanol–water partition coefficient (Wildman–Crippen LogP) is 3.57. The molecule has 1 aromatic carbocycles. The number of benzene rings is 1. The van der Waals surface area contributed by atoms with E-state index in [9.17, 15) is 4.79 Å². The fraction of sp³-hybridized carbons (Fsp3) is 0.238. The van der Waals surface area contributed by atoms with E-state index in [1.54, 1.807) is 29.3 Å². The summed E-state index contributed by atoms with van der Waals surface area (Å²) in [6, 6.07) is 14.4. The molecule has 1 saturated heterocycles.